The van der Waals surface area contributed by atoms with Gasteiger partial charge in [-0.2, -0.15) is 5.10 Å². The topological polar surface area (TPSA) is 67.0 Å². The zero-order valence-electron chi connectivity index (χ0n) is 14.3. The molecule has 26 heavy (non-hydrogen) atoms. The highest BCUT2D eigenvalue weighted by molar-refractivity contribution is 6.42. The summed E-state index contributed by atoms with van der Waals surface area (Å²) < 4.78 is 5.12. The van der Waals surface area contributed by atoms with Crippen LogP contribution in [0.1, 0.15) is 11.3 Å². The van der Waals surface area contributed by atoms with Crippen LogP contribution in [0.15, 0.2) is 42.5 Å². The van der Waals surface area contributed by atoms with Crippen molar-refractivity contribution in [1.82, 2.24) is 10.2 Å². The van der Waals surface area contributed by atoms with E-state index >= 15 is 0 Å². The number of benzene rings is 2. The molecular formula is C19H17Cl2N3O2. The molecule has 0 aliphatic rings. The molecule has 0 bridgehead atoms. The van der Waals surface area contributed by atoms with Crippen LogP contribution in [0, 0.1) is 6.92 Å². The number of hydrogen-bond donors (Lipinski definition) is 2. The maximum Gasteiger partial charge on any atom is 0.228 e. The minimum Gasteiger partial charge on any atom is -0.497 e. The Kier molecular flexibility index (Phi) is 5.49. The molecule has 3 rings (SSSR count). The van der Waals surface area contributed by atoms with Gasteiger partial charge < -0.3 is 10.1 Å². The summed E-state index contributed by atoms with van der Waals surface area (Å²) in [5, 5.41) is 11.0. The summed E-state index contributed by atoms with van der Waals surface area (Å²) in [5.41, 5.74) is 3.66. The number of aryl methyl sites for hydroxylation is 1. The lowest BCUT2D eigenvalue weighted by Gasteiger charge is -2.08. The molecule has 2 aromatic carbocycles. The lowest BCUT2D eigenvalue weighted by atomic mass is 10.1. The van der Waals surface area contributed by atoms with Crippen molar-refractivity contribution in [3.05, 3.63) is 63.8 Å². The molecule has 7 heteroatoms. The van der Waals surface area contributed by atoms with Gasteiger partial charge in [0.05, 0.1) is 35.0 Å². The summed E-state index contributed by atoms with van der Waals surface area (Å²) in [7, 11) is 1.61. The van der Waals surface area contributed by atoms with Gasteiger partial charge in [0.15, 0.2) is 0 Å². The molecule has 134 valence electrons. The molecule has 0 aliphatic carbocycles. The minimum atomic E-state index is -0.138. The second kappa shape index (κ2) is 7.81. The molecule has 0 saturated heterocycles. The van der Waals surface area contributed by atoms with E-state index in [1.165, 1.54) is 0 Å². The zero-order valence-corrected chi connectivity index (χ0v) is 15.8. The number of hydrogen-bond acceptors (Lipinski definition) is 3. The van der Waals surface area contributed by atoms with Crippen LogP contribution in [0.25, 0.3) is 11.3 Å². The van der Waals surface area contributed by atoms with Gasteiger partial charge in [0.25, 0.3) is 0 Å². The van der Waals surface area contributed by atoms with Crippen molar-refractivity contribution in [2.75, 3.05) is 12.4 Å². The number of H-pyrrole nitrogens is 1. The van der Waals surface area contributed by atoms with Crippen molar-refractivity contribution < 1.29 is 9.53 Å². The molecule has 5 nitrogen and oxygen atoms in total. The standard InChI is InChI=1S/C19H17Cl2N3O2/c1-11-18(19(24-23-11)13-5-8-15(20)16(21)10-13)22-17(25)9-12-3-6-14(26-2)7-4-12/h3-8,10H,9H2,1-2H3,(H,22,25)(H,23,24). The van der Waals surface area contributed by atoms with Crippen LogP contribution in [-0.4, -0.2) is 23.2 Å². The van der Waals surface area contributed by atoms with Crippen molar-refractivity contribution in [2.24, 2.45) is 0 Å². The Labute approximate surface area is 161 Å². The number of nitrogens with one attached hydrogen (secondary N) is 2. The first-order valence-corrected chi connectivity index (χ1v) is 8.66. The smallest absolute Gasteiger partial charge is 0.228 e. The molecule has 1 heterocycles. The van der Waals surface area contributed by atoms with Crippen LogP contribution in [0.3, 0.4) is 0 Å². The number of halogens is 2. The first-order valence-electron chi connectivity index (χ1n) is 7.91. The maximum atomic E-state index is 12.5. The number of anilines is 1. The first-order chi connectivity index (χ1) is 12.5. The number of carbonyl (C=O) groups is 1. The third kappa shape index (κ3) is 4.00. The average Bonchev–Trinajstić information content (AvgIpc) is 2.98. The van der Waals surface area contributed by atoms with Gasteiger partial charge >= 0.3 is 0 Å². The third-order valence-corrected chi connectivity index (χ3v) is 4.67. The van der Waals surface area contributed by atoms with E-state index in [0.717, 1.165) is 22.6 Å². The Hall–Kier alpha value is -2.50. The van der Waals surface area contributed by atoms with Crippen molar-refractivity contribution in [3.63, 3.8) is 0 Å². The molecule has 0 saturated carbocycles. The third-order valence-electron chi connectivity index (χ3n) is 3.93. The second-order valence-corrected chi connectivity index (χ2v) is 6.59. The van der Waals surface area contributed by atoms with Gasteiger partial charge in [-0.25, -0.2) is 0 Å². The summed E-state index contributed by atoms with van der Waals surface area (Å²) in [5.74, 6) is 0.614. The highest BCUT2D eigenvalue weighted by atomic mass is 35.5. The van der Waals surface area contributed by atoms with E-state index < -0.39 is 0 Å². The fourth-order valence-electron chi connectivity index (χ4n) is 2.55. The molecule has 1 aromatic heterocycles. The van der Waals surface area contributed by atoms with E-state index in [2.05, 4.69) is 15.5 Å². The number of carbonyl (C=O) groups excluding carboxylic acids is 1. The Bertz CT molecular complexity index is 936. The SMILES string of the molecule is COc1ccc(CC(=O)Nc2c(-c3ccc(Cl)c(Cl)c3)n[nH]c2C)cc1. The Morgan fingerprint density at radius 1 is 1.15 bits per heavy atom. The average molecular weight is 390 g/mol. The summed E-state index contributed by atoms with van der Waals surface area (Å²) in [6.07, 6.45) is 0.245. The molecule has 0 atom stereocenters. The van der Waals surface area contributed by atoms with Gasteiger partial charge in [-0.1, -0.05) is 41.4 Å². The normalized spacial score (nSPS) is 10.6. The van der Waals surface area contributed by atoms with E-state index in [1.807, 2.05) is 37.3 Å². The lowest BCUT2D eigenvalue weighted by Crippen LogP contribution is -2.15. The molecule has 0 fully saturated rings. The van der Waals surface area contributed by atoms with E-state index in [9.17, 15) is 4.79 Å². The number of nitrogens with zero attached hydrogens (tertiary/aromatic N) is 1. The fourth-order valence-corrected chi connectivity index (χ4v) is 2.84. The van der Waals surface area contributed by atoms with Crippen LogP contribution in [0.2, 0.25) is 10.0 Å². The molecule has 3 aromatic rings. The Balaban J connectivity index is 1.79. The van der Waals surface area contributed by atoms with E-state index in [-0.39, 0.29) is 12.3 Å². The first kappa shape index (κ1) is 18.3. The quantitative estimate of drug-likeness (QED) is 0.653. The molecule has 1 amide bonds. The molecule has 0 aliphatic heterocycles. The fraction of sp³-hybridized carbons (Fsp3) is 0.158. The number of rotatable bonds is 5. The predicted molar refractivity (Wildman–Crippen MR) is 104 cm³/mol. The van der Waals surface area contributed by atoms with E-state index in [4.69, 9.17) is 27.9 Å². The van der Waals surface area contributed by atoms with Gasteiger partial charge in [-0.05, 0) is 36.8 Å². The van der Waals surface area contributed by atoms with Crippen molar-refractivity contribution in [2.45, 2.75) is 13.3 Å². The van der Waals surface area contributed by atoms with Crippen LogP contribution < -0.4 is 10.1 Å². The number of amides is 1. The summed E-state index contributed by atoms with van der Waals surface area (Å²) in [6, 6.07) is 12.6. The second-order valence-electron chi connectivity index (χ2n) is 5.77. The van der Waals surface area contributed by atoms with Crippen LogP contribution in [-0.2, 0) is 11.2 Å². The largest absolute Gasteiger partial charge is 0.497 e. The van der Waals surface area contributed by atoms with Crippen LogP contribution in [0.5, 0.6) is 5.75 Å². The monoisotopic (exact) mass is 389 g/mol. The van der Waals surface area contributed by atoms with Crippen LogP contribution in [0.4, 0.5) is 5.69 Å². The highest BCUT2D eigenvalue weighted by Gasteiger charge is 2.16. The molecule has 0 radical (unpaired) electrons. The van der Waals surface area contributed by atoms with Crippen molar-refractivity contribution >= 4 is 34.8 Å². The van der Waals surface area contributed by atoms with Gasteiger partial charge in [-0.15, -0.1) is 0 Å². The number of methoxy groups -OCH3 is 1. The van der Waals surface area contributed by atoms with E-state index in [0.29, 0.717) is 21.4 Å². The molecule has 0 spiro atoms. The van der Waals surface area contributed by atoms with E-state index in [1.54, 1.807) is 19.2 Å². The highest BCUT2D eigenvalue weighted by Crippen LogP contribution is 2.33. The number of ether oxygens (including phenoxy) is 1. The Morgan fingerprint density at radius 2 is 1.88 bits per heavy atom. The lowest BCUT2D eigenvalue weighted by molar-refractivity contribution is -0.115. The van der Waals surface area contributed by atoms with Crippen molar-refractivity contribution in [3.8, 4) is 17.0 Å². The zero-order chi connectivity index (χ0) is 18.7. The maximum absolute atomic E-state index is 12.5. The van der Waals surface area contributed by atoms with Gasteiger partial charge in [0.1, 0.15) is 11.4 Å². The summed E-state index contributed by atoms with van der Waals surface area (Å²) in [6.45, 7) is 1.84. The predicted octanol–water partition coefficient (Wildman–Crippen LogP) is 4.88. The number of aromatic nitrogens is 2. The Morgan fingerprint density at radius 3 is 2.54 bits per heavy atom. The molecule has 0 unspecified atom stereocenters. The molecular weight excluding hydrogens is 373 g/mol. The van der Waals surface area contributed by atoms with Gasteiger partial charge in [0.2, 0.25) is 5.91 Å². The minimum absolute atomic E-state index is 0.138. The molecule has 2 N–H and O–H groups in total. The van der Waals surface area contributed by atoms with Gasteiger partial charge in [0, 0.05) is 5.56 Å². The van der Waals surface area contributed by atoms with Crippen LogP contribution >= 0.6 is 23.2 Å². The summed E-state index contributed by atoms with van der Waals surface area (Å²) in [4.78, 5) is 12.5. The van der Waals surface area contributed by atoms with Gasteiger partial charge in [-0.3, -0.25) is 9.89 Å². The number of aromatic amines is 1. The summed E-state index contributed by atoms with van der Waals surface area (Å²) >= 11 is 12.1. The van der Waals surface area contributed by atoms with Crippen molar-refractivity contribution in [1.29, 1.82) is 0 Å².